The van der Waals surface area contributed by atoms with Crippen LogP contribution in [0.15, 0.2) is 78.2 Å². The van der Waals surface area contributed by atoms with E-state index in [1.165, 1.54) is 0 Å². The Balaban J connectivity index is 1.66. The number of nitro groups is 1. The Bertz CT molecular complexity index is 1320. The van der Waals surface area contributed by atoms with Gasteiger partial charge >= 0.3 is 0 Å². The molecule has 0 spiro atoms. The first kappa shape index (κ1) is 19.6. The van der Waals surface area contributed by atoms with Crippen molar-refractivity contribution in [3.05, 3.63) is 94.3 Å². The van der Waals surface area contributed by atoms with E-state index in [1.54, 1.807) is 48.8 Å². The Morgan fingerprint density at radius 1 is 1.06 bits per heavy atom. The van der Waals surface area contributed by atoms with Gasteiger partial charge in [-0.2, -0.15) is 5.10 Å². The van der Waals surface area contributed by atoms with Crippen LogP contribution in [0.4, 0.5) is 5.69 Å². The van der Waals surface area contributed by atoms with Crippen molar-refractivity contribution in [2.24, 2.45) is 5.10 Å². The van der Waals surface area contributed by atoms with Crippen LogP contribution in [0.3, 0.4) is 0 Å². The van der Waals surface area contributed by atoms with Crippen LogP contribution in [0.5, 0.6) is 5.75 Å². The lowest BCUT2D eigenvalue weighted by atomic mass is 10.0. The van der Waals surface area contributed by atoms with Crippen molar-refractivity contribution in [2.45, 2.75) is 0 Å². The van der Waals surface area contributed by atoms with E-state index >= 15 is 0 Å². The monoisotopic (exact) mass is 412 g/mol. The van der Waals surface area contributed by atoms with Crippen LogP contribution in [0, 0.1) is 10.1 Å². The van der Waals surface area contributed by atoms with E-state index in [0.717, 1.165) is 30.0 Å². The number of nitrogens with zero attached hydrogens (tertiary/aromatic N) is 4. The van der Waals surface area contributed by atoms with E-state index in [4.69, 9.17) is 0 Å². The number of amides is 1. The maximum atomic E-state index is 12.8. The number of benzene rings is 2. The third kappa shape index (κ3) is 4.20. The fourth-order valence-electron chi connectivity index (χ4n) is 3.00. The first-order valence-corrected chi connectivity index (χ1v) is 9.12. The summed E-state index contributed by atoms with van der Waals surface area (Å²) >= 11 is 0. The number of non-ortho nitro benzene ring substituents is 1. The van der Waals surface area contributed by atoms with Crippen molar-refractivity contribution >= 4 is 28.7 Å². The molecule has 4 aromatic rings. The Kier molecular flexibility index (Phi) is 5.31. The molecular weight excluding hydrogens is 398 g/mol. The summed E-state index contributed by atoms with van der Waals surface area (Å²) in [5.41, 5.74) is 4.49. The molecule has 1 amide bonds. The number of carbonyl (C=O) groups excluding carboxylic acids is 1. The average molecular weight is 412 g/mol. The number of nitrogens with one attached hydrogen (secondary N) is 1. The molecule has 0 aliphatic rings. The van der Waals surface area contributed by atoms with E-state index in [9.17, 15) is 20.0 Å². The summed E-state index contributed by atoms with van der Waals surface area (Å²) in [6.07, 6.45) is 4.35. The van der Waals surface area contributed by atoms with Gasteiger partial charge in [0, 0.05) is 35.5 Å². The zero-order valence-electron chi connectivity index (χ0n) is 15.9. The maximum absolute atomic E-state index is 12.8. The molecule has 0 bridgehead atoms. The second kappa shape index (κ2) is 8.37. The Labute approximate surface area is 175 Å². The van der Waals surface area contributed by atoms with Gasteiger partial charge < -0.3 is 5.11 Å². The quantitative estimate of drug-likeness (QED) is 0.304. The molecule has 2 heterocycles. The highest BCUT2D eigenvalue weighted by molar-refractivity contribution is 6.07. The molecule has 2 aromatic carbocycles. The number of hydrogen-bond acceptors (Lipinski definition) is 7. The van der Waals surface area contributed by atoms with Gasteiger partial charge in [-0.3, -0.25) is 19.9 Å². The molecule has 0 fully saturated rings. The van der Waals surface area contributed by atoms with Crippen molar-refractivity contribution in [2.75, 3.05) is 0 Å². The predicted molar refractivity (Wildman–Crippen MR) is 113 cm³/mol. The fraction of sp³-hybridized carbons (Fsp3) is 0. The molecule has 0 aliphatic carbocycles. The smallest absolute Gasteiger partial charge is 0.272 e. The second-order valence-corrected chi connectivity index (χ2v) is 6.49. The number of hydrazone groups is 1. The number of para-hydroxylation sites is 1. The summed E-state index contributed by atoms with van der Waals surface area (Å²) in [6, 6.07) is 15.7. The predicted octanol–water partition coefficient (Wildman–Crippen LogP) is 3.04. The molecule has 31 heavy (non-hydrogen) atoms. The molecule has 152 valence electrons. The molecule has 0 radical (unpaired) electrons. The number of fused-ring (bicyclic) bond motifs is 1. The Hall–Kier alpha value is -4.66. The molecule has 0 saturated heterocycles. The largest absolute Gasteiger partial charge is 0.872 e. The first-order valence-electron chi connectivity index (χ1n) is 9.12. The zero-order chi connectivity index (χ0) is 21.8. The van der Waals surface area contributed by atoms with E-state index in [-0.39, 0.29) is 11.3 Å². The van der Waals surface area contributed by atoms with E-state index < -0.39 is 16.6 Å². The van der Waals surface area contributed by atoms with Crippen LogP contribution in [-0.4, -0.2) is 27.0 Å². The Morgan fingerprint density at radius 3 is 2.61 bits per heavy atom. The lowest BCUT2D eigenvalue weighted by Crippen LogP contribution is -2.18. The molecule has 2 aromatic heterocycles. The van der Waals surface area contributed by atoms with Gasteiger partial charge in [-0.25, -0.2) is 10.4 Å². The summed E-state index contributed by atoms with van der Waals surface area (Å²) in [4.78, 5) is 31.7. The number of carbonyl (C=O) groups is 1. The van der Waals surface area contributed by atoms with E-state index in [1.807, 2.05) is 6.07 Å². The topological polar surface area (TPSA) is 133 Å². The van der Waals surface area contributed by atoms with Gasteiger partial charge in [-0.05, 0) is 29.8 Å². The van der Waals surface area contributed by atoms with Gasteiger partial charge in [0.25, 0.3) is 11.6 Å². The molecule has 0 atom stereocenters. The molecular formula is C22H14N5O4-. The molecule has 0 saturated carbocycles. The fourth-order valence-corrected chi connectivity index (χ4v) is 3.00. The van der Waals surface area contributed by atoms with Gasteiger partial charge in [0.2, 0.25) is 0 Å². The van der Waals surface area contributed by atoms with Gasteiger partial charge in [0.05, 0.1) is 27.9 Å². The summed E-state index contributed by atoms with van der Waals surface area (Å²) in [6.45, 7) is 0. The van der Waals surface area contributed by atoms with Crippen molar-refractivity contribution in [3.8, 4) is 17.0 Å². The normalized spacial score (nSPS) is 11.0. The summed E-state index contributed by atoms with van der Waals surface area (Å²) < 4.78 is 0. The number of pyridine rings is 2. The summed E-state index contributed by atoms with van der Waals surface area (Å²) in [5, 5.41) is 27.2. The van der Waals surface area contributed by atoms with Crippen molar-refractivity contribution in [1.82, 2.24) is 15.4 Å². The molecule has 9 heteroatoms. The highest BCUT2D eigenvalue weighted by Crippen LogP contribution is 2.24. The minimum absolute atomic E-state index is 0.00781. The zero-order valence-corrected chi connectivity index (χ0v) is 15.9. The molecule has 0 unspecified atom stereocenters. The highest BCUT2D eigenvalue weighted by Gasteiger charge is 2.13. The van der Waals surface area contributed by atoms with Crippen LogP contribution < -0.4 is 10.5 Å². The van der Waals surface area contributed by atoms with Gasteiger partial charge in [-0.1, -0.05) is 30.0 Å². The summed E-state index contributed by atoms with van der Waals surface area (Å²) in [5.74, 6) is -0.957. The van der Waals surface area contributed by atoms with E-state index in [0.29, 0.717) is 22.2 Å². The van der Waals surface area contributed by atoms with Crippen LogP contribution in [-0.2, 0) is 0 Å². The number of aromatic nitrogens is 2. The maximum Gasteiger partial charge on any atom is 0.272 e. The third-order valence-corrected chi connectivity index (χ3v) is 4.51. The molecule has 0 aliphatic heterocycles. The number of hydrogen-bond donors (Lipinski definition) is 1. The third-order valence-electron chi connectivity index (χ3n) is 4.51. The number of nitro benzene ring substituents is 1. The minimum Gasteiger partial charge on any atom is -0.872 e. The van der Waals surface area contributed by atoms with Crippen LogP contribution in [0.25, 0.3) is 22.2 Å². The minimum atomic E-state index is -0.612. The number of rotatable bonds is 5. The lowest BCUT2D eigenvalue weighted by Gasteiger charge is -2.10. The van der Waals surface area contributed by atoms with Gasteiger partial charge in [-0.15, -0.1) is 0 Å². The Morgan fingerprint density at radius 2 is 1.84 bits per heavy atom. The van der Waals surface area contributed by atoms with Crippen molar-refractivity contribution < 1.29 is 14.8 Å². The SMILES string of the molecule is O=C(N/N=C\c1cc([N+](=O)[O-])ccc1[O-])c1cc(-c2ccncc2)nc2ccccc12. The highest BCUT2D eigenvalue weighted by atomic mass is 16.6. The molecule has 9 nitrogen and oxygen atoms in total. The van der Waals surface area contributed by atoms with Gasteiger partial charge in [0.15, 0.2) is 0 Å². The lowest BCUT2D eigenvalue weighted by molar-refractivity contribution is -0.385. The first-order chi connectivity index (χ1) is 15.0. The van der Waals surface area contributed by atoms with Crippen LogP contribution in [0.2, 0.25) is 0 Å². The second-order valence-electron chi connectivity index (χ2n) is 6.49. The van der Waals surface area contributed by atoms with Gasteiger partial charge in [0.1, 0.15) is 0 Å². The average Bonchev–Trinajstić information content (AvgIpc) is 2.79. The molecule has 1 N–H and O–H groups in total. The van der Waals surface area contributed by atoms with Crippen LogP contribution >= 0.6 is 0 Å². The standard InChI is InChI=1S/C22H15N5O4/c28-21-6-5-16(27(30)31)11-15(21)13-24-26-22(29)18-12-20(14-7-9-23-10-8-14)25-19-4-2-1-3-17(18)19/h1-13,28H,(H,26,29)/p-1/b24-13-. The van der Waals surface area contributed by atoms with E-state index in [2.05, 4.69) is 20.5 Å². The van der Waals surface area contributed by atoms with Crippen molar-refractivity contribution in [3.63, 3.8) is 0 Å². The molecule has 4 rings (SSSR count). The van der Waals surface area contributed by atoms with Crippen molar-refractivity contribution in [1.29, 1.82) is 0 Å². The summed E-state index contributed by atoms with van der Waals surface area (Å²) in [7, 11) is 0. The van der Waals surface area contributed by atoms with Crippen LogP contribution in [0.1, 0.15) is 15.9 Å².